The van der Waals surface area contributed by atoms with Gasteiger partial charge in [-0.3, -0.25) is 9.78 Å². The number of benzene rings is 2. The van der Waals surface area contributed by atoms with Gasteiger partial charge in [0, 0.05) is 63.3 Å². The van der Waals surface area contributed by atoms with E-state index in [2.05, 4.69) is 22.1 Å². The Labute approximate surface area is 227 Å². The summed E-state index contributed by atoms with van der Waals surface area (Å²) in [4.78, 5) is 21.0. The molecule has 36 heavy (non-hydrogen) atoms. The third-order valence-electron chi connectivity index (χ3n) is 5.47. The van der Waals surface area contributed by atoms with Crippen LogP contribution in [0.2, 0.25) is 0 Å². The topological polar surface area (TPSA) is 61.9 Å². The molecule has 0 unspecified atom stereocenters. The molecule has 8 heteroatoms. The van der Waals surface area contributed by atoms with E-state index in [1.807, 2.05) is 84.0 Å². The average molecular weight is 671 g/mol. The molecule has 0 N–H and O–H groups in total. The first kappa shape index (κ1) is 25.5. The van der Waals surface area contributed by atoms with Gasteiger partial charge in [-0.1, -0.05) is 29.1 Å². The van der Waals surface area contributed by atoms with Gasteiger partial charge in [0.05, 0.1) is 5.82 Å². The average Bonchev–Trinajstić information content (AvgIpc) is 3.67. The summed E-state index contributed by atoms with van der Waals surface area (Å²) in [7, 11) is 1.98. The van der Waals surface area contributed by atoms with Gasteiger partial charge in [-0.05, 0) is 13.0 Å². The number of aromatic nitrogens is 4. The molecule has 0 bridgehead atoms. The van der Waals surface area contributed by atoms with Crippen molar-refractivity contribution in [2.24, 2.45) is 7.05 Å². The standard InChI is InChI=1S/C18H13N2O2S.C10H9N2.Ir/c1-12-3-2-4-13(9-12)17-16(15(21)10-22-17)20-7-6-19-18(20)14-5-8-23-11-14;1-12-8-7-11-10(12)9-5-3-2-4-6-9;/h2-4,6-9,11H,10H2,1H3;2-5,7-8H,1H3;/q2*-1;. The fourth-order valence-corrected chi connectivity index (χ4v) is 4.42. The number of thiophene rings is 1. The van der Waals surface area contributed by atoms with Crippen molar-refractivity contribution in [2.45, 2.75) is 6.92 Å². The maximum absolute atomic E-state index is 12.4. The number of hydrogen-bond donors (Lipinski definition) is 0. The Morgan fingerprint density at radius 1 is 1.00 bits per heavy atom. The van der Waals surface area contributed by atoms with E-state index in [0.29, 0.717) is 17.3 Å². The van der Waals surface area contributed by atoms with Crippen LogP contribution in [0.1, 0.15) is 11.1 Å². The van der Waals surface area contributed by atoms with E-state index >= 15 is 0 Å². The second-order valence-electron chi connectivity index (χ2n) is 7.95. The smallest absolute Gasteiger partial charge is 0.219 e. The summed E-state index contributed by atoms with van der Waals surface area (Å²) in [6, 6.07) is 22.0. The van der Waals surface area contributed by atoms with Crippen LogP contribution in [0.5, 0.6) is 0 Å². The Hall–Kier alpha value is -3.58. The van der Waals surface area contributed by atoms with Crippen LogP contribution in [-0.2, 0) is 36.7 Å². The number of hydrogen-bond acceptors (Lipinski definition) is 5. The van der Waals surface area contributed by atoms with Crippen molar-refractivity contribution in [3.8, 4) is 22.8 Å². The van der Waals surface area contributed by atoms with Crippen molar-refractivity contribution < 1.29 is 29.6 Å². The molecule has 183 valence electrons. The number of nitrogens with zero attached hydrogens (tertiary/aromatic N) is 4. The molecule has 0 amide bonds. The van der Waals surface area contributed by atoms with Gasteiger partial charge < -0.3 is 18.9 Å². The summed E-state index contributed by atoms with van der Waals surface area (Å²) in [6.45, 7) is 2.08. The molecule has 4 heterocycles. The fourth-order valence-electron chi connectivity index (χ4n) is 3.84. The van der Waals surface area contributed by atoms with Gasteiger partial charge in [0.1, 0.15) is 5.70 Å². The summed E-state index contributed by atoms with van der Waals surface area (Å²) < 4.78 is 9.46. The molecule has 0 aliphatic carbocycles. The molecule has 1 aliphatic heterocycles. The van der Waals surface area contributed by atoms with Gasteiger partial charge in [-0.15, -0.1) is 46.8 Å². The summed E-state index contributed by atoms with van der Waals surface area (Å²) >= 11 is 1.55. The van der Waals surface area contributed by atoms with Gasteiger partial charge in [-0.25, -0.2) is 11.3 Å². The van der Waals surface area contributed by atoms with Crippen molar-refractivity contribution in [1.29, 1.82) is 0 Å². The Kier molecular flexibility index (Phi) is 8.10. The molecule has 6 nitrogen and oxygen atoms in total. The van der Waals surface area contributed by atoms with Crippen molar-refractivity contribution >= 4 is 28.6 Å². The number of rotatable bonds is 4. The van der Waals surface area contributed by atoms with Crippen LogP contribution in [0.3, 0.4) is 0 Å². The van der Waals surface area contributed by atoms with E-state index in [9.17, 15) is 4.79 Å². The number of imidazole rings is 2. The molecule has 5 aromatic rings. The number of ether oxygens (including phenoxy) is 1. The van der Waals surface area contributed by atoms with Gasteiger partial charge in [0.15, 0.2) is 12.4 Å². The molecular formula is C28H22IrN4O2S-2. The maximum Gasteiger partial charge on any atom is 0.219 e. The SMILES string of the molecule is Cc1cccc(C2=C(n3ccnc3-c3[c-]csc3)C(=O)CO2)c1.Cn1ccnc1-c1[c-]cccc1.[Ir]. The second kappa shape index (κ2) is 11.4. The first-order valence-corrected chi connectivity index (χ1v) is 12.0. The van der Waals surface area contributed by atoms with Crippen molar-refractivity contribution in [3.05, 3.63) is 107 Å². The Morgan fingerprint density at radius 3 is 2.53 bits per heavy atom. The molecule has 0 fully saturated rings. The van der Waals surface area contributed by atoms with Crippen LogP contribution in [0.4, 0.5) is 0 Å². The first-order chi connectivity index (χ1) is 17.1. The van der Waals surface area contributed by atoms with Gasteiger partial charge in [-0.2, -0.15) is 6.07 Å². The normalized spacial score (nSPS) is 12.6. The van der Waals surface area contributed by atoms with Crippen molar-refractivity contribution in [2.75, 3.05) is 6.61 Å². The molecule has 0 atom stereocenters. The zero-order valence-corrected chi connectivity index (χ0v) is 22.8. The minimum absolute atomic E-state index is 0. The van der Waals surface area contributed by atoms with E-state index < -0.39 is 0 Å². The molecule has 0 spiro atoms. The monoisotopic (exact) mass is 671 g/mol. The summed E-state index contributed by atoms with van der Waals surface area (Å²) in [6.07, 6.45) is 7.19. The van der Waals surface area contributed by atoms with E-state index in [1.165, 1.54) is 0 Å². The van der Waals surface area contributed by atoms with Crippen LogP contribution < -0.4 is 0 Å². The van der Waals surface area contributed by atoms with Crippen molar-refractivity contribution in [3.63, 3.8) is 0 Å². The third kappa shape index (κ3) is 5.31. The summed E-state index contributed by atoms with van der Waals surface area (Å²) in [5, 5.41) is 3.84. The minimum atomic E-state index is -0.0454. The maximum atomic E-state index is 12.4. The van der Waals surface area contributed by atoms with E-state index in [0.717, 1.165) is 28.1 Å². The molecule has 0 saturated carbocycles. The second-order valence-corrected chi connectivity index (χ2v) is 8.69. The van der Waals surface area contributed by atoms with Crippen LogP contribution in [0.15, 0.2) is 84.1 Å². The van der Waals surface area contributed by atoms with E-state index in [4.69, 9.17) is 4.74 Å². The number of Topliss-reactive ketones (excluding diaryl/α,β-unsaturated/α-hetero) is 1. The summed E-state index contributed by atoms with van der Waals surface area (Å²) in [5.74, 6) is 2.21. The number of carbonyl (C=O) groups excluding carboxylic acids is 1. The number of carbonyl (C=O) groups is 1. The molecule has 2 aromatic carbocycles. The molecule has 6 rings (SSSR count). The number of aryl methyl sites for hydroxylation is 2. The van der Waals surface area contributed by atoms with Gasteiger partial charge in [0.2, 0.25) is 5.78 Å². The minimum Gasteiger partial charge on any atom is -0.482 e. The predicted octanol–water partition coefficient (Wildman–Crippen LogP) is 5.53. The Morgan fingerprint density at radius 2 is 1.83 bits per heavy atom. The molecule has 1 radical (unpaired) electrons. The molecular weight excluding hydrogens is 649 g/mol. The zero-order chi connectivity index (χ0) is 24.2. The number of ketones is 1. The molecule has 1 aliphatic rings. The zero-order valence-electron chi connectivity index (χ0n) is 19.6. The van der Waals surface area contributed by atoms with E-state index in [-0.39, 0.29) is 32.5 Å². The predicted molar refractivity (Wildman–Crippen MR) is 137 cm³/mol. The third-order valence-corrected chi connectivity index (χ3v) is 6.09. The Balaban J connectivity index is 0.000000198. The van der Waals surface area contributed by atoms with Crippen LogP contribution in [-0.4, -0.2) is 31.5 Å². The van der Waals surface area contributed by atoms with Gasteiger partial charge in [0.25, 0.3) is 0 Å². The first-order valence-electron chi connectivity index (χ1n) is 11.0. The van der Waals surface area contributed by atoms with Gasteiger partial charge >= 0.3 is 0 Å². The van der Waals surface area contributed by atoms with Crippen molar-refractivity contribution in [1.82, 2.24) is 19.1 Å². The molecule has 0 saturated heterocycles. The Bertz CT molecular complexity index is 1490. The quantitative estimate of drug-likeness (QED) is 0.236. The van der Waals surface area contributed by atoms with Crippen LogP contribution in [0.25, 0.3) is 34.2 Å². The van der Waals surface area contributed by atoms with Crippen LogP contribution in [0, 0.1) is 19.1 Å². The van der Waals surface area contributed by atoms with Crippen LogP contribution >= 0.6 is 11.3 Å². The summed E-state index contributed by atoms with van der Waals surface area (Å²) in [5.41, 5.74) is 4.46. The fraction of sp³-hybridized carbons (Fsp3) is 0.107. The molecule has 3 aromatic heterocycles. The van der Waals surface area contributed by atoms with E-state index in [1.54, 1.807) is 34.5 Å². The largest absolute Gasteiger partial charge is 0.482 e.